The Balaban J connectivity index is 1.50. The SMILES string of the molecule is CCOC(=O)C1C(Cl)C(Cl)C(Cl)C(Cl)C1C1=c2cc3c(cc2Oc2cc4c(cc21)C(C)=CC(C)(C)N4CC)=[N+](CC)C(C)(C)C=C3CS(=O)(=O)N1CCC(C(=O)OC)CC1. The van der Waals surface area contributed by atoms with Crippen LogP contribution in [0.2, 0.25) is 0 Å². The van der Waals surface area contributed by atoms with Crippen molar-refractivity contribution in [1.82, 2.24) is 8.88 Å². The van der Waals surface area contributed by atoms with Gasteiger partial charge >= 0.3 is 11.9 Å². The number of piperidine rings is 1. The number of hydrogen-bond donors (Lipinski definition) is 0. The molecule has 2 aromatic carbocycles. The molecule has 1 saturated carbocycles. The predicted octanol–water partition coefficient (Wildman–Crippen LogP) is 7.15. The summed E-state index contributed by atoms with van der Waals surface area (Å²) in [5.74, 6) is -2.10. The summed E-state index contributed by atoms with van der Waals surface area (Å²) in [6.45, 7) is 18.5. The van der Waals surface area contributed by atoms with Gasteiger partial charge in [0.05, 0.1) is 70.0 Å². The Kier molecular flexibility index (Phi) is 12.6. The van der Waals surface area contributed by atoms with Gasteiger partial charge in [0.15, 0.2) is 5.54 Å². The maximum atomic E-state index is 14.3. The number of benzene rings is 2. The molecule has 1 aliphatic carbocycles. The van der Waals surface area contributed by atoms with Gasteiger partial charge in [-0.2, -0.15) is 0 Å². The second kappa shape index (κ2) is 16.7. The number of halogens is 4. The van der Waals surface area contributed by atoms with Crippen molar-refractivity contribution in [2.45, 2.75) is 101 Å². The van der Waals surface area contributed by atoms with E-state index < -0.39 is 54.9 Å². The molecule has 6 unspecified atom stereocenters. The van der Waals surface area contributed by atoms with Gasteiger partial charge in [-0.15, -0.1) is 46.4 Å². The Morgan fingerprint density at radius 2 is 1.53 bits per heavy atom. The van der Waals surface area contributed by atoms with Crippen LogP contribution in [0.15, 0.2) is 36.4 Å². The first kappa shape index (κ1) is 45.2. The van der Waals surface area contributed by atoms with Crippen LogP contribution in [0, 0.1) is 17.8 Å². The van der Waals surface area contributed by atoms with Gasteiger partial charge < -0.3 is 19.1 Å². The van der Waals surface area contributed by atoms with Crippen LogP contribution >= 0.6 is 46.4 Å². The van der Waals surface area contributed by atoms with Crippen molar-refractivity contribution in [2.24, 2.45) is 17.8 Å². The molecule has 0 amide bonds. The maximum absolute atomic E-state index is 14.3. The van der Waals surface area contributed by atoms with Crippen molar-refractivity contribution >= 4 is 90.8 Å². The predicted molar refractivity (Wildman–Crippen MR) is 242 cm³/mol. The summed E-state index contributed by atoms with van der Waals surface area (Å²) in [6.07, 6.45) is 5.06. The molecule has 15 heteroatoms. The zero-order valence-electron chi connectivity index (χ0n) is 35.8. The first-order valence-electron chi connectivity index (χ1n) is 20.9. The topological polar surface area (TPSA) is 105 Å². The zero-order chi connectivity index (χ0) is 43.8. The molecule has 6 atom stereocenters. The number of ether oxygens (including phenoxy) is 3. The summed E-state index contributed by atoms with van der Waals surface area (Å²) in [5, 5.41) is -1.98. The third-order valence-corrected chi connectivity index (χ3v) is 17.5. The van der Waals surface area contributed by atoms with E-state index in [1.54, 1.807) is 6.92 Å². The number of carbonyl (C=O) groups excluding carboxylic acids is 2. The first-order valence-corrected chi connectivity index (χ1v) is 24.2. The Morgan fingerprint density at radius 3 is 2.15 bits per heavy atom. The van der Waals surface area contributed by atoms with Gasteiger partial charge in [0.1, 0.15) is 18.0 Å². The molecular formula is C45H56Cl4N3O7S+. The summed E-state index contributed by atoms with van der Waals surface area (Å²) in [6, 6.07) is 8.15. The second-order valence-electron chi connectivity index (χ2n) is 17.6. The minimum Gasteiger partial charge on any atom is -0.469 e. The Morgan fingerprint density at radius 1 is 0.867 bits per heavy atom. The second-order valence-corrected chi connectivity index (χ2v) is 21.6. The van der Waals surface area contributed by atoms with Crippen molar-refractivity contribution in [1.29, 1.82) is 0 Å². The van der Waals surface area contributed by atoms with Crippen molar-refractivity contribution < 1.29 is 32.2 Å². The average molecular weight is 925 g/mol. The molecule has 2 fully saturated rings. The highest BCUT2D eigenvalue weighted by molar-refractivity contribution is 7.89. The molecule has 0 radical (unpaired) electrons. The largest absolute Gasteiger partial charge is 0.469 e. The molecule has 326 valence electrons. The summed E-state index contributed by atoms with van der Waals surface area (Å²) in [4.78, 5) is 28.7. The third-order valence-electron chi connectivity index (χ3n) is 13.1. The fourth-order valence-corrected chi connectivity index (χ4v) is 13.6. The quantitative estimate of drug-likeness (QED) is 0.149. The standard InChI is InChI=1S/C45H56Cl4N3O7S/c1-10-51-31-19-33-29(17-27(31)24(4)21-44(51,5)6)35(36-37(43(54)58-12-3)39(47)41(49)40(48)38(36)46)30-18-28-26(22-45(7,8)52(11-2)32(28)20-34(30)59-33)23-60(55,56)50-15-13-25(14-16-50)42(53)57-9/h17-22,25,36-41H,10-16,23H2,1-9H3/q+1. The lowest BCUT2D eigenvalue weighted by atomic mass is 9.70. The van der Waals surface area contributed by atoms with Gasteiger partial charge in [0.25, 0.3) is 0 Å². The van der Waals surface area contributed by atoms with Crippen molar-refractivity contribution in [3.05, 3.63) is 63.7 Å². The number of sulfonamides is 1. The number of fused-ring (bicyclic) bond motifs is 4. The van der Waals surface area contributed by atoms with Crippen LogP contribution in [0.25, 0.3) is 16.7 Å². The summed E-state index contributed by atoms with van der Waals surface area (Å²) >= 11 is 28.5. The number of anilines is 1. The van der Waals surface area contributed by atoms with Gasteiger partial charge in [-0.3, -0.25) is 9.59 Å². The van der Waals surface area contributed by atoms with Gasteiger partial charge in [-0.25, -0.2) is 17.3 Å². The van der Waals surface area contributed by atoms with Crippen molar-refractivity contribution in [3.63, 3.8) is 0 Å². The van der Waals surface area contributed by atoms with E-state index in [0.29, 0.717) is 47.3 Å². The third kappa shape index (κ3) is 7.69. The highest BCUT2D eigenvalue weighted by Gasteiger charge is 2.54. The summed E-state index contributed by atoms with van der Waals surface area (Å²) < 4.78 is 50.0. The van der Waals surface area contributed by atoms with E-state index in [1.165, 1.54) is 11.4 Å². The van der Waals surface area contributed by atoms with Crippen LogP contribution in [-0.2, 0) is 29.1 Å². The van der Waals surface area contributed by atoms with Crippen molar-refractivity contribution in [2.75, 3.05) is 50.5 Å². The molecule has 4 aliphatic heterocycles. The number of rotatable bonds is 9. The van der Waals surface area contributed by atoms with Crippen LogP contribution < -0.4 is 24.8 Å². The Labute approximate surface area is 374 Å². The van der Waals surface area contributed by atoms with E-state index in [9.17, 15) is 18.0 Å². The number of nitrogens with zero attached hydrogens (tertiary/aromatic N) is 3. The minimum atomic E-state index is -3.84. The summed E-state index contributed by atoms with van der Waals surface area (Å²) in [7, 11) is -2.48. The van der Waals surface area contributed by atoms with Gasteiger partial charge in [0, 0.05) is 67.5 Å². The molecule has 0 aromatic heterocycles. The number of carbonyl (C=O) groups is 2. The smallest absolute Gasteiger partial charge is 0.311 e. The molecule has 7 rings (SSSR count). The molecule has 4 heterocycles. The van der Waals surface area contributed by atoms with Crippen LogP contribution in [0.1, 0.15) is 84.9 Å². The van der Waals surface area contributed by atoms with Crippen LogP contribution in [-0.4, -0.2) is 103 Å². The molecule has 0 bridgehead atoms. The van der Waals surface area contributed by atoms with E-state index in [1.807, 2.05) is 18.2 Å². The summed E-state index contributed by atoms with van der Waals surface area (Å²) in [5.41, 5.74) is 5.06. The minimum absolute atomic E-state index is 0.126. The lowest BCUT2D eigenvalue weighted by Gasteiger charge is -2.45. The molecular weight excluding hydrogens is 868 g/mol. The first-order chi connectivity index (χ1) is 28.2. The number of methoxy groups -OCH3 is 1. The number of likely N-dealkylation sites (N-methyl/N-ethyl adjacent to an activating group) is 2. The highest BCUT2D eigenvalue weighted by atomic mass is 35.5. The fraction of sp³-hybridized carbons (Fsp3) is 0.578. The molecule has 0 N–H and O–H groups in total. The van der Waals surface area contributed by atoms with Crippen LogP contribution in [0.5, 0.6) is 11.5 Å². The van der Waals surface area contributed by atoms with Crippen LogP contribution in [0.3, 0.4) is 0 Å². The number of allylic oxidation sites excluding steroid dienone is 1. The molecule has 5 aliphatic rings. The van der Waals surface area contributed by atoms with E-state index in [2.05, 4.69) is 76.2 Å². The lowest BCUT2D eigenvalue weighted by molar-refractivity contribution is -0.150. The molecule has 60 heavy (non-hydrogen) atoms. The normalized spacial score (nSPS) is 27.4. The van der Waals surface area contributed by atoms with E-state index in [4.69, 9.17) is 60.6 Å². The van der Waals surface area contributed by atoms with Gasteiger partial charge in [0.2, 0.25) is 15.4 Å². The lowest BCUT2D eigenvalue weighted by Crippen LogP contribution is -2.54. The molecule has 10 nitrogen and oxygen atoms in total. The van der Waals surface area contributed by atoms with Crippen molar-refractivity contribution in [3.8, 4) is 11.5 Å². The average Bonchev–Trinajstić information content (AvgIpc) is 3.19. The zero-order valence-corrected chi connectivity index (χ0v) is 39.6. The number of hydrogen-bond acceptors (Lipinski definition) is 8. The van der Waals surface area contributed by atoms with E-state index in [-0.39, 0.29) is 42.9 Å². The van der Waals surface area contributed by atoms with E-state index in [0.717, 1.165) is 39.9 Å². The highest BCUT2D eigenvalue weighted by Crippen LogP contribution is 2.52. The van der Waals surface area contributed by atoms with Gasteiger partial charge in [-0.05, 0) is 89.3 Å². The fourth-order valence-electron chi connectivity index (χ4n) is 10.4. The number of alkyl halides is 4. The van der Waals surface area contributed by atoms with Gasteiger partial charge in [-0.1, -0.05) is 6.08 Å². The molecule has 1 saturated heterocycles. The Hall–Kier alpha value is -2.80. The number of esters is 2. The monoisotopic (exact) mass is 922 g/mol. The molecule has 0 spiro atoms. The Bertz CT molecular complexity index is 2410. The van der Waals surface area contributed by atoms with Crippen LogP contribution in [0.4, 0.5) is 5.69 Å². The molecule has 2 aromatic rings. The maximum Gasteiger partial charge on any atom is 0.311 e. The van der Waals surface area contributed by atoms with E-state index >= 15 is 0 Å².